The number of carbonyl (C=O) groups is 1. The van der Waals surface area contributed by atoms with Crippen LogP contribution in [0.1, 0.15) is 23.7 Å². The van der Waals surface area contributed by atoms with E-state index in [1.165, 1.54) is 23.1 Å². The molecule has 0 saturated carbocycles. The van der Waals surface area contributed by atoms with Gasteiger partial charge in [0.25, 0.3) is 11.6 Å². The summed E-state index contributed by atoms with van der Waals surface area (Å²) in [7, 11) is 0. The smallest absolute Gasteiger partial charge is 0.282 e. The van der Waals surface area contributed by atoms with E-state index in [1.807, 2.05) is 0 Å². The number of anilines is 1. The maximum atomic E-state index is 12.4. The number of aliphatic hydroxyl groups is 1. The van der Waals surface area contributed by atoms with Crippen LogP contribution in [-0.2, 0) is 0 Å². The van der Waals surface area contributed by atoms with Crippen LogP contribution in [0.3, 0.4) is 0 Å². The molecule has 0 bridgehead atoms. The molecule has 7 heteroatoms. The fourth-order valence-corrected chi connectivity index (χ4v) is 2.42. The van der Waals surface area contributed by atoms with Crippen LogP contribution in [0.25, 0.3) is 0 Å². The number of nitrogen functional groups attached to an aromatic ring is 1. The topological polar surface area (TPSA) is 110 Å². The molecule has 1 aliphatic rings. The Morgan fingerprint density at radius 1 is 1.60 bits per heavy atom. The molecule has 1 aromatic rings. The summed E-state index contributed by atoms with van der Waals surface area (Å²) in [5.74, 6) is -0.397. The quantitative estimate of drug-likeness (QED) is 0.487. The van der Waals surface area contributed by atoms with E-state index in [4.69, 9.17) is 5.73 Å². The van der Waals surface area contributed by atoms with Crippen molar-refractivity contribution in [1.82, 2.24) is 4.90 Å². The summed E-state index contributed by atoms with van der Waals surface area (Å²) in [6.07, 6.45) is 0.197. The van der Waals surface area contributed by atoms with Gasteiger partial charge >= 0.3 is 0 Å². The number of aliphatic hydroxyl groups excluding tert-OH is 1. The summed E-state index contributed by atoms with van der Waals surface area (Å²) in [4.78, 5) is 24.3. The molecular weight excluding hydrogens is 262 g/mol. The predicted molar refractivity (Wildman–Crippen MR) is 73.2 cm³/mol. The van der Waals surface area contributed by atoms with Crippen LogP contribution >= 0.6 is 0 Å². The van der Waals surface area contributed by atoms with E-state index in [2.05, 4.69) is 0 Å². The Morgan fingerprint density at radius 2 is 2.30 bits per heavy atom. The lowest BCUT2D eigenvalue weighted by Crippen LogP contribution is -2.30. The van der Waals surface area contributed by atoms with E-state index >= 15 is 0 Å². The molecular formula is C13H17N3O4. The third-order valence-corrected chi connectivity index (χ3v) is 3.64. The number of benzene rings is 1. The number of hydrogen-bond acceptors (Lipinski definition) is 5. The van der Waals surface area contributed by atoms with E-state index in [0.717, 1.165) is 0 Å². The van der Waals surface area contributed by atoms with Gasteiger partial charge in [-0.2, -0.15) is 0 Å². The fraction of sp³-hybridized carbons (Fsp3) is 0.462. The van der Waals surface area contributed by atoms with Gasteiger partial charge in [0, 0.05) is 30.8 Å². The van der Waals surface area contributed by atoms with Gasteiger partial charge in [0.1, 0.15) is 5.56 Å². The SMILES string of the molecule is CC(O)C1CCN(C(=O)c2cc(N)ccc2[N+](=O)[O-])C1. The third kappa shape index (κ3) is 2.72. The predicted octanol–water partition coefficient (Wildman–Crippen LogP) is 1.02. The van der Waals surface area contributed by atoms with Crippen LogP contribution < -0.4 is 5.73 Å². The van der Waals surface area contributed by atoms with Gasteiger partial charge in [-0.1, -0.05) is 0 Å². The molecule has 0 radical (unpaired) electrons. The first-order chi connectivity index (χ1) is 9.40. The molecule has 1 amide bonds. The van der Waals surface area contributed by atoms with E-state index in [-0.39, 0.29) is 17.2 Å². The lowest BCUT2D eigenvalue weighted by molar-refractivity contribution is -0.385. The average Bonchev–Trinajstić information content (AvgIpc) is 2.87. The first-order valence-corrected chi connectivity index (χ1v) is 6.41. The molecule has 0 spiro atoms. The van der Waals surface area contributed by atoms with E-state index in [1.54, 1.807) is 6.92 Å². The number of amides is 1. The van der Waals surface area contributed by atoms with Crippen molar-refractivity contribution in [3.63, 3.8) is 0 Å². The van der Waals surface area contributed by atoms with E-state index < -0.39 is 16.9 Å². The summed E-state index contributed by atoms with van der Waals surface area (Å²) in [5, 5.41) is 20.5. The number of likely N-dealkylation sites (tertiary alicyclic amines) is 1. The monoisotopic (exact) mass is 279 g/mol. The zero-order valence-electron chi connectivity index (χ0n) is 11.2. The Bertz CT molecular complexity index is 544. The van der Waals surface area contributed by atoms with Crippen molar-refractivity contribution in [1.29, 1.82) is 0 Å². The number of carbonyl (C=O) groups excluding carboxylic acids is 1. The standard InChI is InChI=1S/C13H17N3O4/c1-8(17)9-4-5-15(7-9)13(18)11-6-10(14)2-3-12(11)16(19)20/h2-3,6,8-9,17H,4-5,7,14H2,1H3. The molecule has 3 N–H and O–H groups in total. The molecule has 2 atom stereocenters. The fourth-order valence-electron chi connectivity index (χ4n) is 2.42. The van der Waals surface area contributed by atoms with Crippen molar-refractivity contribution >= 4 is 17.3 Å². The Kier molecular flexibility index (Phi) is 3.89. The van der Waals surface area contributed by atoms with Crippen LogP contribution in [0, 0.1) is 16.0 Å². The Hall–Kier alpha value is -2.15. The van der Waals surface area contributed by atoms with E-state index in [0.29, 0.717) is 25.2 Å². The number of nitro groups is 1. The molecule has 20 heavy (non-hydrogen) atoms. The molecule has 1 aromatic carbocycles. The molecule has 1 heterocycles. The molecule has 2 rings (SSSR count). The summed E-state index contributed by atoms with van der Waals surface area (Å²) in [6, 6.07) is 3.97. The first-order valence-electron chi connectivity index (χ1n) is 6.41. The van der Waals surface area contributed by atoms with Crippen molar-refractivity contribution in [2.45, 2.75) is 19.4 Å². The second kappa shape index (κ2) is 5.46. The molecule has 1 aliphatic heterocycles. The lowest BCUT2D eigenvalue weighted by Gasteiger charge is -2.18. The van der Waals surface area contributed by atoms with Gasteiger partial charge in [-0.3, -0.25) is 14.9 Å². The van der Waals surface area contributed by atoms with Crippen LogP contribution in [-0.4, -0.2) is 40.0 Å². The number of nitrogens with two attached hydrogens (primary N) is 1. The Labute approximate surface area is 116 Å². The number of rotatable bonds is 3. The number of hydrogen-bond donors (Lipinski definition) is 2. The summed E-state index contributed by atoms with van der Waals surface area (Å²) < 4.78 is 0. The summed E-state index contributed by atoms with van der Waals surface area (Å²) in [6.45, 7) is 2.57. The minimum absolute atomic E-state index is 0.00115. The third-order valence-electron chi connectivity index (χ3n) is 3.64. The summed E-state index contributed by atoms with van der Waals surface area (Å²) >= 11 is 0. The largest absolute Gasteiger partial charge is 0.399 e. The van der Waals surface area contributed by atoms with Gasteiger partial charge in [0.15, 0.2) is 0 Å². The highest BCUT2D eigenvalue weighted by molar-refractivity contribution is 5.99. The van der Waals surface area contributed by atoms with Crippen molar-refractivity contribution < 1.29 is 14.8 Å². The number of nitrogens with zero attached hydrogens (tertiary/aromatic N) is 2. The van der Waals surface area contributed by atoms with Crippen LogP contribution in [0.4, 0.5) is 11.4 Å². The van der Waals surface area contributed by atoms with Crippen molar-refractivity contribution in [2.75, 3.05) is 18.8 Å². The maximum Gasteiger partial charge on any atom is 0.282 e. The zero-order valence-corrected chi connectivity index (χ0v) is 11.2. The van der Waals surface area contributed by atoms with Crippen molar-refractivity contribution in [3.05, 3.63) is 33.9 Å². The van der Waals surface area contributed by atoms with Gasteiger partial charge < -0.3 is 15.7 Å². The number of nitro benzene ring substituents is 1. The molecule has 0 aromatic heterocycles. The highest BCUT2D eigenvalue weighted by atomic mass is 16.6. The van der Waals surface area contributed by atoms with Crippen LogP contribution in [0.2, 0.25) is 0 Å². The minimum Gasteiger partial charge on any atom is -0.399 e. The second-order valence-corrected chi connectivity index (χ2v) is 5.07. The first kappa shape index (κ1) is 14.3. The van der Waals surface area contributed by atoms with Crippen LogP contribution in [0.15, 0.2) is 18.2 Å². The minimum atomic E-state index is -0.588. The van der Waals surface area contributed by atoms with E-state index in [9.17, 15) is 20.0 Å². The van der Waals surface area contributed by atoms with Gasteiger partial charge in [-0.05, 0) is 25.5 Å². The maximum absolute atomic E-state index is 12.4. The molecule has 108 valence electrons. The van der Waals surface area contributed by atoms with Crippen molar-refractivity contribution in [3.8, 4) is 0 Å². The van der Waals surface area contributed by atoms with Gasteiger partial charge in [0.2, 0.25) is 0 Å². The highest BCUT2D eigenvalue weighted by Gasteiger charge is 2.32. The van der Waals surface area contributed by atoms with Gasteiger partial charge in [0.05, 0.1) is 11.0 Å². The molecule has 1 fully saturated rings. The molecule has 7 nitrogen and oxygen atoms in total. The Morgan fingerprint density at radius 3 is 2.85 bits per heavy atom. The van der Waals surface area contributed by atoms with Crippen molar-refractivity contribution in [2.24, 2.45) is 5.92 Å². The van der Waals surface area contributed by atoms with Gasteiger partial charge in [-0.25, -0.2) is 0 Å². The molecule has 2 unspecified atom stereocenters. The lowest BCUT2D eigenvalue weighted by atomic mass is 10.0. The highest BCUT2D eigenvalue weighted by Crippen LogP contribution is 2.26. The normalized spacial score (nSPS) is 19.9. The second-order valence-electron chi connectivity index (χ2n) is 5.07. The Balaban J connectivity index is 2.26. The average molecular weight is 279 g/mol. The summed E-state index contributed by atoms with van der Waals surface area (Å²) in [5.41, 5.74) is 5.67. The molecule has 0 aliphatic carbocycles. The van der Waals surface area contributed by atoms with Gasteiger partial charge in [-0.15, -0.1) is 0 Å². The zero-order chi connectivity index (χ0) is 14.9. The van der Waals surface area contributed by atoms with Crippen LogP contribution in [0.5, 0.6) is 0 Å². The molecule has 1 saturated heterocycles.